The summed E-state index contributed by atoms with van der Waals surface area (Å²) in [5.74, 6) is 0.0110. The first-order valence-corrected chi connectivity index (χ1v) is 11.4. The van der Waals surface area contributed by atoms with E-state index in [1.807, 2.05) is 91.0 Å². The minimum absolute atomic E-state index is 0.0110. The van der Waals surface area contributed by atoms with Crippen LogP contribution in [-0.2, 0) is 43.5 Å². The van der Waals surface area contributed by atoms with E-state index in [0.717, 1.165) is 16.7 Å². The molecule has 1 heterocycles. The van der Waals surface area contributed by atoms with Crippen LogP contribution in [0, 0.1) is 5.41 Å². The van der Waals surface area contributed by atoms with Crippen LogP contribution in [0.2, 0.25) is 0 Å². The summed E-state index contributed by atoms with van der Waals surface area (Å²) in [5.41, 5.74) is 3.18. The predicted molar refractivity (Wildman–Crippen MR) is 130 cm³/mol. The zero-order chi connectivity index (χ0) is 23.6. The smallest absolute Gasteiger partial charge is 0.213 e. The molecule has 0 bridgehead atoms. The zero-order valence-corrected chi connectivity index (χ0v) is 19.3. The van der Waals surface area contributed by atoms with Gasteiger partial charge in [-0.2, -0.15) is 0 Å². The molecule has 0 aromatic heterocycles. The van der Waals surface area contributed by atoms with Gasteiger partial charge in [-0.15, -0.1) is 0 Å². The van der Waals surface area contributed by atoms with E-state index in [1.54, 1.807) is 0 Å². The van der Waals surface area contributed by atoms with E-state index in [9.17, 15) is 0 Å². The molecule has 0 spiro atoms. The van der Waals surface area contributed by atoms with Gasteiger partial charge in [0.1, 0.15) is 18.3 Å². The Morgan fingerprint density at radius 2 is 1.18 bits per heavy atom. The fourth-order valence-electron chi connectivity index (χ4n) is 3.97. The number of benzene rings is 3. The van der Waals surface area contributed by atoms with Crippen LogP contribution in [0.1, 0.15) is 16.7 Å². The Bertz CT molecular complexity index is 999. The molecule has 0 radical (unpaired) electrons. The van der Waals surface area contributed by atoms with E-state index in [4.69, 9.17) is 29.1 Å². The van der Waals surface area contributed by atoms with Crippen molar-refractivity contribution in [2.24, 2.45) is 0 Å². The summed E-state index contributed by atoms with van der Waals surface area (Å²) in [7, 11) is 1.47. The molecule has 178 valence electrons. The summed E-state index contributed by atoms with van der Waals surface area (Å²) in [6.07, 6.45) is -2.03. The summed E-state index contributed by atoms with van der Waals surface area (Å²) in [6, 6.07) is 29.9. The molecule has 3 aromatic rings. The Labute approximate surface area is 200 Å². The highest BCUT2D eigenvalue weighted by Gasteiger charge is 2.49. The molecule has 1 aliphatic heterocycles. The van der Waals surface area contributed by atoms with Crippen molar-refractivity contribution in [3.8, 4) is 0 Å². The van der Waals surface area contributed by atoms with Crippen molar-refractivity contribution in [1.29, 1.82) is 5.41 Å². The van der Waals surface area contributed by atoms with Crippen molar-refractivity contribution in [3.05, 3.63) is 108 Å². The third-order valence-electron chi connectivity index (χ3n) is 5.75. The van der Waals surface area contributed by atoms with Crippen molar-refractivity contribution in [3.63, 3.8) is 0 Å². The zero-order valence-electron chi connectivity index (χ0n) is 19.3. The molecule has 1 N–H and O–H groups in total. The van der Waals surface area contributed by atoms with Crippen molar-refractivity contribution >= 4 is 5.90 Å². The van der Waals surface area contributed by atoms with Crippen molar-refractivity contribution in [2.45, 2.75) is 44.2 Å². The third kappa shape index (κ3) is 6.52. The molecule has 0 aliphatic carbocycles. The monoisotopic (exact) mass is 461 g/mol. The van der Waals surface area contributed by atoms with Gasteiger partial charge in [-0.1, -0.05) is 91.0 Å². The number of hydrogen-bond acceptors (Lipinski definition) is 6. The Hall–Kier alpha value is -3.03. The fourth-order valence-corrected chi connectivity index (χ4v) is 3.97. The highest BCUT2D eigenvalue weighted by molar-refractivity contribution is 5.78. The van der Waals surface area contributed by atoms with Crippen molar-refractivity contribution in [2.75, 3.05) is 13.7 Å². The molecular formula is C28H31NO5. The summed E-state index contributed by atoms with van der Waals surface area (Å²) in [4.78, 5) is 0. The second kappa shape index (κ2) is 12.4. The Morgan fingerprint density at radius 1 is 0.706 bits per heavy atom. The maximum Gasteiger partial charge on any atom is 0.213 e. The van der Waals surface area contributed by atoms with Gasteiger partial charge >= 0.3 is 0 Å². The van der Waals surface area contributed by atoms with Gasteiger partial charge in [0.05, 0.1) is 33.5 Å². The molecule has 4 rings (SSSR count). The molecule has 1 aliphatic rings. The molecule has 4 atom stereocenters. The minimum Gasteiger partial charge on any atom is -0.483 e. The van der Waals surface area contributed by atoms with Gasteiger partial charge in [0.25, 0.3) is 0 Å². The molecule has 0 amide bonds. The highest BCUT2D eigenvalue weighted by atomic mass is 16.6. The van der Waals surface area contributed by atoms with Gasteiger partial charge in [0, 0.05) is 0 Å². The van der Waals surface area contributed by atoms with Crippen LogP contribution < -0.4 is 0 Å². The maximum absolute atomic E-state index is 8.31. The molecule has 0 saturated carbocycles. The number of methoxy groups -OCH3 is 1. The SMILES string of the molecule is COC(=N)[C@@H]1O[C@H](COCc2ccccc2)[C@@H](OCc2ccccc2)[C@H]1OCc1ccccc1. The van der Waals surface area contributed by atoms with Crippen LogP contribution in [0.5, 0.6) is 0 Å². The Kier molecular flexibility index (Phi) is 8.82. The largest absolute Gasteiger partial charge is 0.483 e. The summed E-state index contributed by atoms with van der Waals surface area (Å²) in [5, 5.41) is 8.31. The molecule has 3 aromatic carbocycles. The first kappa shape index (κ1) is 24.1. The fraction of sp³-hybridized carbons (Fsp3) is 0.321. The molecule has 0 unspecified atom stereocenters. The quantitative estimate of drug-likeness (QED) is 0.329. The van der Waals surface area contributed by atoms with Crippen LogP contribution in [0.15, 0.2) is 91.0 Å². The third-order valence-corrected chi connectivity index (χ3v) is 5.75. The van der Waals surface area contributed by atoms with Gasteiger partial charge in [0.2, 0.25) is 5.90 Å². The molecule has 34 heavy (non-hydrogen) atoms. The van der Waals surface area contributed by atoms with Gasteiger partial charge in [0.15, 0.2) is 6.10 Å². The number of ether oxygens (including phenoxy) is 5. The number of rotatable bonds is 11. The van der Waals surface area contributed by atoms with Crippen LogP contribution in [0.3, 0.4) is 0 Å². The molecule has 6 heteroatoms. The lowest BCUT2D eigenvalue weighted by molar-refractivity contribution is -0.0896. The van der Waals surface area contributed by atoms with Crippen LogP contribution in [0.25, 0.3) is 0 Å². The first-order chi connectivity index (χ1) is 16.7. The maximum atomic E-state index is 8.31. The lowest BCUT2D eigenvalue weighted by atomic mass is 10.1. The van der Waals surface area contributed by atoms with E-state index < -0.39 is 24.4 Å². The standard InChI is InChI=1S/C28H31NO5/c1-30-28(29)27-26(33-19-23-15-9-4-10-16-23)25(32-18-22-13-7-3-8-14-22)24(34-27)20-31-17-21-11-5-2-6-12-21/h2-16,24-27,29H,17-20H2,1H3/t24-,25-,26-,27-/m1/s1. The van der Waals surface area contributed by atoms with Crippen molar-refractivity contribution in [1.82, 2.24) is 0 Å². The normalized spacial score (nSPS) is 21.9. The van der Waals surface area contributed by atoms with E-state index in [2.05, 4.69) is 0 Å². The second-order valence-corrected chi connectivity index (χ2v) is 8.19. The van der Waals surface area contributed by atoms with Crippen molar-refractivity contribution < 1.29 is 23.7 Å². The number of nitrogens with one attached hydrogen (secondary N) is 1. The molecule has 6 nitrogen and oxygen atoms in total. The van der Waals surface area contributed by atoms with E-state index in [-0.39, 0.29) is 5.90 Å². The second-order valence-electron chi connectivity index (χ2n) is 8.19. The lowest BCUT2D eigenvalue weighted by Gasteiger charge is -2.25. The van der Waals surface area contributed by atoms with Gasteiger partial charge in [-0.3, -0.25) is 5.41 Å². The van der Waals surface area contributed by atoms with E-state index in [0.29, 0.717) is 26.4 Å². The van der Waals surface area contributed by atoms with Gasteiger partial charge < -0.3 is 23.7 Å². The highest BCUT2D eigenvalue weighted by Crippen LogP contribution is 2.30. The Morgan fingerprint density at radius 3 is 1.68 bits per heavy atom. The topological polar surface area (TPSA) is 70.0 Å². The summed E-state index contributed by atoms with van der Waals surface area (Å²) >= 11 is 0. The predicted octanol–water partition coefficient (Wildman–Crippen LogP) is 4.77. The van der Waals surface area contributed by atoms with Gasteiger partial charge in [-0.05, 0) is 16.7 Å². The van der Waals surface area contributed by atoms with Crippen LogP contribution >= 0.6 is 0 Å². The van der Waals surface area contributed by atoms with E-state index >= 15 is 0 Å². The van der Waals surface area contributed by atoms with Crippen LogP contribution in [-0.4, -0.2) is 44.0 Å². The molecule has 1 saturated heterocycles. The lowest BCUT2D eigenvalue weighted by Crippen LogP contribution is -2.41. The van der Waals surface area contributed by atoms with E-state index in [1.165, 1.54) is 7.11 Å². The number of hydrogen-bond donors (Lipinski definition) is 1. The summed E-state index contributed by atoms with van der Waals surface area (Å²) in [6.45, 7) is 1.56. The summed E-state index contributed by atoms with van der Waals surface area (Å²) < 4.78 is 30.1. The van der Waals surface area contributed by atoms with Gasteiger partial charge in [-0.25, -0.2) is 0 Å². The molecule has 1 fully saturated rings. The first-order valence-electron chi connectivity index (χ1n) is 11.4. The average molecular weight is 462 g/mol. The average Bonchev–Trinajstić information content (AvgIpc) is 3.24. The minimum atomic E-state index is -0.681. The van der Waals surface area contributed by atoms with Crippen LogP contribution in [0.4, 0.5) is 0 Å². The molecular weight excluding hydrogens is 430 g/mol. The Balaban J connectivity index is 1.48.